The summed E-state index contributed by atoms with van der Waals surface area (Å²) in [6.45, 7) is 2.23. The first-order valence-electron chi connectivity index (χ1n) is 9.02. The lowest BCUT2D eigenvalue weighted by molar-refractivity contribution is -0.132. The monoisotopic (exact) mass is 368 g/mol. The van der Waals surface area contributed by atoms with E-state index in [9.17, 15) is 9.59 Å². The Balaban J connectivity index is 1.46. The summed E-state index contributed by atoms with van der Waals surface area (Å²) >= 11 is 0. The van der Waals surface area contributed by atoms with Crippen molar-refractivity contribution in [2.24, 2.45) is 0 Å². The van der Waals surface area contributed by atoms with E-state index < -0.39 is 0 Å². The van der Waals surface area contributed by atoms with E-state index in [1.54, 1.807) is 16.9 Å². The number of carbonyl (C=O) groups excluding carboxylic acids is 2. The lowest BCUT2D eigenvalue weighted by Crippen LogP contribution is -2.51. The maximum Gasteiger partial charge on any atom is 0.410 e. The zero-order valence-corrected chi connectivity index (χ0v) is 15.5. The van der Waals surface area contributed by atoms with Crippen LogP contribution < -0.4 is 4.74 Å². The van der Waals surface area contributed by atoms with Gasteiger partial charge in [0.2, 0.25) is 5.91 Å². The van der Waals surface area contributed by atoms with Gasteiger partial charge in [0.1, 0.15) is 12.4 Å². The van der Waals surface area contributed by atoms with E-state index in [1.807, 2.05) is 54.6 Å². The van der Waals surface area contributed by atoms with E-state index in [1.165, 1.54) is 0 Å². The predicted molar refractivity (Wildman–Crippen MR) is 101 cm³/mol. The fourth-order valence-corrected chi connectivity index (χ4v) is 3.07. The minimum Gasteiger partial charge on any atom is -0.496 e. The number of ether oxygens (including phenoxy) is 2. The number of amides is 2. The Hall–Kier alpha value is -3.02. The number of hydrogen-bond acceptors (Lipinski definition) is 4. The molecule has 3 rings (SSSR count). The second-order valence-corrected chi connectivity index (χ2v) is 6.40. The van der Waals surface area contributed by atoms with Crippen molar-refractivity contribution in [3.63, 3.8) is 0 Å². The molecule has 0 aromatic heterocycles. The van der Waals surface area contributed by atoms with Crippen molar-refractivity contribution >= 4 is 12.0 Å². The third kappa shape index (κ3) is 5.00. The van der Waals surface area contributed by atoms with E-state index in [0.29, 0.717) is 38.3 Å². The predicted octanol–water partition coefficient (Wildman–Crippen LogP) is 2.72. The van der Waals surface area contributed by atoms with Gasteiger partial charge in [-0.2, -0.15) is 0 Å². The van der Waals surface area contributed by atoms with Gasteiger partial charge in [-0.1, -0.05) is 48.5 Å². The van der Waals surface area contributed by atoms with Gasteiger partial charge in [0.05, 0.1) is 13.5 Å². The average Bonchev–Trinajstić information content (AvgIpc) is 2.73. The van der Waals surface area contributed by atoms with Crippen LogP contribution in [0.2, 0.25) is 0 Å². The zero-order valence-electron chi connectivity index (χ0n) is 15.5. The van der Waals surface area contributed by atoms with Crippen molar-refractivity contribution < 1.29 is 19.1 Å². The number of carbonyl (C=O) groups is 2. The molecule has 0 spiro atoms. The van der Waals surface area contributed by atoms with Crippen molar-refractivity contribution in [2.75, 3.05) is 33.3 Å². The Kier molecular flexibility index (Phi) is 6.30. The van der Waals surface area contributed by atoms with Crippen LogP contribution >= 0.6 is 0 Å². The van der Waals surface area contributed by atoms with Gasteiger partial charge in [0.15, 0.2) is 0 Å². The smallest absolute Gasteiger partial charge is 0.410 e. The van der Waals surface area contributed by atoms with Crippen molar-refractivity contribution in [2.45, 2.75) is 13.0 Å². The van der Waals surface area contributed by atoms with E-state index in [0.717, 1.165) is 11.1 Å². The van der Waals surface area contributed by atoms with E-state index in [-0.39, 0.29) is 18.6 Å². The quantitative estimate of drug-likeness (QED) is 0.814. The highest BCUT2D eigenvalue weighted by Crippen LogP contribution is 2.19. The van der Waals surface area contributed by atoms with Crippen LogP contribution in [-0.4, -0.2) is 55.1 Å². The lowest BCUT2D eigenvalue weighted by Gasteiger charge is -2.34. The van der Waals surface area contributed by atoms with Crippen LogP contribution in [0.25, 0.3) is 0 Å². The highest BCUT2D eigenvalue weighted by Gasteiger charge is 2.25. The molecule has 1 heterocycles. The molecule has 0 unspecified atom stereocenters. The summed E-state index contributed by atoms with van der Waals surface area (Å²) in [4.78, 5) is 28.2. The van der Waals surface area contributed by atoms with Gasteiger partial charge in [-0.25, -0.2) is 4.79 Å². The second kappa shape index (κ2) is 9.07. The topological polar surface area (TPSA) is 59.1 Å². The molecule has 6 nitrogen and oxygen atoms in total. The van der Waals surface area contributed by atoms with Crippen molar-refractivity contribution in [1.82, 2.24) is 9.80 Å². The van der Waals surface area contributed by atoms with Gasteiger partial charge in [0.25, 0.3) is 0 Å². The molecule has 0 radical (unpaired) electrons. The molecule has 1 saturated heterocycles. The Labute approximate surface area is 159 Å². The summed E-state index contributed by atoms with van der Waals surface area (Å²) in [6, 6.07) is 17.1. The van der Waals surface area contributed by atoms with Crippen molar-refractivity contribution in [1.29, 1.82) is 0 Å². The molecule has 2 aromatic carbocycles. The van der Waals surface area contributed by atoms with Crippen LogP contribution in [0.15, 0.2) is 54.6 Å². The fourth-order valence-electron chi connectivity index (χ4n) is 3.07. The van der Waals surface area contributed by atoms with Gasteiger partial charge in [-0.3, -0.25) is 4.79 Å². The number of benzene rings is 2. The molecule has 2 amide bonds. The highest BCUT2D eigenvalue weighted by molar-refractivity contribution is 5.80. The van der Waals surface area contributed by atoms with E-state index >= 15 is 0 Å². The number of piperazine rings is 1. The molecule has 2 aromatic rings. The molecule has 0 saturated carbocycles. The maximum atomic E-state index is 12.6. The van der Waals surface area contributed by atoms with Gasteiger partial charge in [-0.15, -0.1) is 0 Å². The molecule has 1 fully saturated rings. The molecule has 0 atom stereocenters. The molecule has 142 valence electrons. The number of hydrogen-bond donors (Lipinski definition) is 0. The molecule has 1 aliphatic rings. The van der Waals surface area contributed by atoms with Gasteiger partial charge in [-0.05, 0) is 11.6 Å². The molecule has 1 aliphatic heterocycles. The summed E-state index contributed by atoms with van der Waals surface area (Å²) in [5.41, 5.74) is 1.83. The van der Waals surface area contributed by atoms with Gasteiger partial charge >= 0.3 is 6.09 Å². The minimum atomic E-state index is -0.337. The molecule has 0 aliphatic carbocycles. The van der Waals surface area contributed by atoms with Crippen LogP contribution in [0.1, 0.15) is 11.1 Å². The van der Waals surface area contributed by atoms with Crippen LogP contribution in [0.3, 0.4) is 0 Å². The van der Waals surface area contributed by atoms with Crippen molar-refractivity contribution in [3.05, 3.63) is 65.7 Å². The number of methoxy groups -OCH3 is 1. The number of para-hydroxylation sites is 1. The molecule has 0 bridgehead atoms. The van der Waals surface area contributed by atoms with Crippen LogP contribution in [0, 0.1) is 0 Å². The summed E-state index contributed by atoms with van der Waals surface area (Å²) in [7, 11) is 1.60. The normalized spacial score (nSPS) is 14.0. The summed E-state index contributed by atoms with van der Waals surface area (Å²) in [6.07, 6.45) is -0.0432. The van der Waals surface area contributed by atoms with Gasteiger partial charge in [0, 0.05) is 31.7 Å². The Bertz CT molecular complexity index is 771. The Morgan fingerprint density at radius 1 is 0.889 bits per heavy atom. The minimum absolute atomic E-state index is 0.0387. The largest absolute Gasteiger partial charge is 0.496 e. The molecule has 27 heavy (non-hydrogen) atoms. The SMILES string of the molecule is COc1ccccc1CC(=O)N1CCN(C(=O)OCc2ccccc2)CC1. The number of rotatable bonds is 5. The van der Waals surface area contributed by atoms with Crippen LogP contribution in [0.4, 0.5) is 4.79 Å². The lowest BCUT2D eigenvalue weighted by atomic mass is 10.1. The van der Waals surface area contributed by atoms with Crippen LogP contribution in [0.5, 0.6) is 5.75 Å². The first-order chi connectivity index (χ1) is 13.2. The molecule has 0 N–H and O–H groups in total. The second-order valence-electron chi connectivity index (χ2n) is 6.40. The summed E-state index contributed by atoms with van der Waals surface area (Å²) in [5.74, 6) is 0.755. The van der Waals surface area contributed by atoms with Crippen LogP contribution in [-0.2, 0) is 22.6 Å². The first-order valence-corrected chi connectivity index (χ1v) is 9.02. The standard InChI is InChI=1S/C21H24N2O4/c1-26-19-10-6-5-9-18(19)15-20(24)22-11-13-23(14-12-22)21(25)27-16-17-7-3-2-4-8-17/h2-10H,11-16H2,1H3. The van der Waals surface area contributed by atoms with E-state index in [2.05, 4.69) is 0 Å². The van der Waals surface area contributed by atoms with Crippen molar-refractivity contribution in [3.8, 4) is 5.75 Å². The highest BCUT2D eigenvalue weighted by atomic mass is 16.6. The fraction of sp³-hybridized carbons (Fsp3) is 0.333. The summed E-state index contributed by atoms with van der Waals surface area (Å²) in [5, 5.41) is 0. The maximum absolute atomic E-state index is 12.6. The molecular formula is C21H24N2O4. The first kappa shape index (κ1) is 18.8. The zero-order chi connectivity index (χ0) is 19.1. The molecular weight excluding hydrogens is 344 g/mol. The Morgan fingerprint density at radius 2 is 1.52 bits per heavy atom. The van der Waals surface area contributed by atoms with E-state index in [4.69, 9.17) is 9.47 Å². The third-order valence-corrected chi connectivity index (χ3v) is 4.63. The summed E-state index contributed by atoms with van der Waals surface area (Å²) < 4.78 is 10.7. The average molecular weight is 368 g/mol. The van der Waals surface area contributed by atoms with Gasteiger partial charge < -0.3 is 19.3 Å². The number of nitrogens with zero attached hydrogens (tertiary/aromatic N) is 2. The molecule has 6 heteroatoms. The third-order valence-electron chi connectivity index (χ3n) is 4.63. The Morgan fingerprint density at radius 3 is 2.22 bits per heavy atom.